The number of H-pyrrole nitrogens is 1. The van der Waals surface area contributed by atoms with Crippen LogP contribution in [-0.4, -0.2) is 21.1 Å². The fourth-order valence-electron chi connectivity index (χ4n) is 0.977. The molecule has 5 nitrogen and oxygen atoms in total. The highest BCUT2D eigenvalue weighted by Crippen LogP contribution is 2.17. The summed E-state index contributed by atoms with van der Waals surface area (Å²) in [6.07, 6.45) is 4.97. The molecular formula is C12H14BrClN4O. The molecule has 2 heterocycles. The molecule has 0 fully saturated rings. The minimum atomic E-state index is -0.0710. The molecular weight excluding hydrogens is 332 g/mol. The maximum atomic E-state index is 11.2. The number of rotatable bonds is 2. The molecule has 0 aromatic carbocycles. The van der Waals surface area contributed by atoms with Crippen molar-refractivity contribution in [2.45, 2.75) is 13.8 Å². The summed E-state index contributed by atoms with van der Waals surface area (Å²) >= 11 is 8.90. The Kier molecular flexibility index (Phi) is 6.52. The maximum absolute atomic E-state index is 11.2. The lowest BCUT2D eigenvalue weighted by Gasteiger charge is -2.04. The standard InChI is InChI=1S/C7H10ClN3O.C5H4BrN/c1-4(2)7(12)10-5-3-9-11-6(5)8;6-5-2-1-3-7-4-5/h3-4H,1-2H3,(H,9,11)(H,10,12);1-4H. The molecule has 2 rings (SSSR count). The molecule has 0 saturated heterocycles. The molecule has 0 aliphatic rings. The Hall–Kier alpha value is -1.40. The van der Waals surface area contributed by atoms with Crippen LogP contribution >= 0.6 is 27.5 Å². The molecule has 19 heavy (non-hydrogen) atoms. The van der Waals surface area contributed by atoms with Gasteiger partial charge in [0.2, 0.25) is 5.91 Å². The van der Waals surface area contributed by atoms with Crippen molar-refractivity contribution in [1.82, 2.24) is 15.2 Å². The Morgan fingerprint density at radius 2 is 2.21 bits per heavy atom. The summed E-state index contributed by atoms with van der Waals surface area (Å²) in [6, 6.07) is 3.82. The van der Waals surface area contributed by atoms with E-state index < -0.39 is 0 Å². The van der Waals surface area contributed by atoms with Crippen LogP contribution in [0.25, 0.3) is 0 Å². The Labute approximate surface area is 124 Å². The predicted molar refractivity (Wildman–Crippen MR) is 79.0 cm³/mol. The van der Waals surface area contributed by atoms with E-state index in [2.05, 4.69) is 36.4 Å². The first-order valence-electron chi connectivity index (χ1n) is 5.56. The van der Waals surface area contributed by atoms with Gasteiger partial charge in [0.1, 0.15) is 5.15 Å². The van der Waals surface area contributed by atoms with Gasteiger partial charge in [-0.2, -0.15) is 5.10 Å². The van der Waals surface area contributed by atoms with Crippen LogP contribution in [0.2, 0.25) is 5.15 Å². The van der Waals surface area contributed by atoms with Gasteiger partial charge in [-0.3, -0.25) is 14.9 Å². The van der Waals surface area contributed by atoms with Gasteiger partial charge in [-0.05, 0) is 28.1 Å². The van der Waals surface area contributed by atoms with Crippen LogP contribution in [0.3, 0.4) is 0 Å². The Morgan fingerprint density at radius 3 is 2.58 bits per heavy atom. The van der Waals surface area contributed by atoms with E-state index in [-0.39, 0.29) is 11.8 Å². The van der Waals surface area contributed by atoms with E-state index in [9.17, 15) is 4.79 Å². The lowest BCUT2D eigenvalue weighted by Crippen LogP contribution is -2.17. The number of pyridine rings is 1. The number of anilines is 1. The largest absolute Gasteiger partial charge is 0.322 e. The van der Waals surface area contributed by atoms with Crippen molar-refractivity contribution in [1.29, 1.82) is 0 Å². The van der Waals surface area contributed by atoms with E-state index in [1.54, 1.807) is 12.4 Å². The average molecular weight is 346 g/mol. The van der Waals surface area contributed by atoms with Crippen LogP contribution in [0.15, 0.2) is 35.2 Å². The summed E-state index contributed by atoms with van der Waals surface area (Å²) in [6.45, 7) is 3.62. The van der Waals surface area contributed by atoms with Gasteiger partial charge < -0.3 is 5.32 Å². The van der Waals surface area contributed by atoms with Gasteiger partial charge in [0.05, 0.1) is 11.9 Å². The Balaban J connectivity index is 0.000000218. The van der Waals surface area contributed by atoms with Gasteiger partial charge >= 0.3 is 0 Å². The van der Waals surface area contributed by atoms with Crippen LogP contribution < -0.4 is 5.32 Å². The molecule has 0 bridgehead atoms. The predicted octanol–water partition coefficient (Wildman–Crippen LogP) is 3.50. The molecule has 2 aromatic heterocycles. The number of carbonyl (C=O) groups excluding carboxylic acids is 1. The monoisotopic (exact) mass is 344 g/mol. The summed E-state index contributed by atoms with van der Waals surface area (Å²) in [5, 5.41) is 9.15. The highest BCUT2D eigenvalue weighted by molar-refractivity contribution is 9.10. The first kappa shape index (κ1) is 15.7. The van der Waals surface area contributed by atoms with Crippen LogP contribution in [0.4, 0.5) is 5.69 Å². The first-order chi connectivity index (χ1) is 9.00. The van der Waals surface area contributed by atoms with E-state index in [0.717, 1.165) is 4.47 Å². The van der Waals surface area contributed by atoms with E-state index >= 15 is 0 Å². The third-order valence-corrected chi connectivity index (χ3v) is 2.76. The van der Waals surface area contributed by atoms with Crippen molar-refractivity contribution in [2.24, 2.45) is 5.92 Å². The molecule has 0 radical (unpaired) electrons. The van der Waals surface area contributed by atoms with Crippen molar-refractivity contribution in [3.63, 3.8) is 0 Å². The Bertz CT molecular complexity index is 515. The molecule has 1 amide bonds. The number of nitrogens with one attached hydrogen (secondary N) is 2. The molecule has 0 atom stereocenters. The molecule has 0 aliphatic carbocycles. The first-order valence-corrected chi connectivity index (χ1v) is 6.73. The summed E-state index contributed by atoms with van der Waals surface area (Å²) in [4.78, 5) is 15.0. The molecule has 2 aromatic rings. The number of aromatic amines is 1. The topological polar surface area (TPSA) is 70.7 Å². The van der Waals surface area contributed by atoms with E-state index in [0.29, 0.717) is 10.8 Å². The van der Waals surface area contributed by atoms with Gasteiger partial charge in [-0.15, -0.1) is 0 Å². The second-order valence-electron chi connectivity index (χ2n) is 3.91. The third kappa shape index (κ3) is 5.85. The molecule has 102 valence electrons. The molecule has 7 heteroatoms. The lowest BCUT2D eigenvalue weighted by molar-refractivity contribution is -0.118. The lowest BCUT2D eigenvalue weighted by atomic mass is 10.2. The summed E-state index contributed by atoms with van der Waals surface area (Å²) in [7, 11) is 0. The van der Waals surface area contributed by atoms with Crippen LogP contribution in [0.1, 0.15) is 13.8 Å². The number of hydrogen-bond acceptors (Lipinski definition) is 3. The number of carbonyl (C=O) groups is 1. The SMILES string of the molecule is Brc1cccnc1.CC(C)C(=O)Nc1cn[nH]c1Cl. The van der Waals surface area contributed by atoms with Crippen LogP contribution in [0.5, 0.6) is 0 Å². The Morgan fingerprint density at radius 1 is 1.47 bits per heavy atom. The molecule has 0 aliphatic heterocycles. The number of amides is 1. The quantitative estimate of drug-likeness (QED) is 0.875. The van der Waals surface area contributed by atoms with Crippen molar-refractivity contribution in [3.8, 4) is 0 Å². The van der Waals surface area contributed by atoms with E-state index in [4.69, 9.17) is 11.6 Å². The molecule has 0 saturated carbocycles. The highest BCUT2D eigenvalue weighted by atomic mass is 79.9. The molecule has 0 unspecified atom stereocenters. The fourth-order valence-corrected chi connectivity index (χ4v) is 1.39. The van der Waals surface area contributed by atoms with E-state index in [1.165, 1.54) is 6.20 Å². The second kappa shape index (κ2) is 7.91. The number of halogens is 2. The van der Waals surface area contributed by atoms with Crippen LogP contribution in [0, 0.1) is 5.92 Å². The smallest absolute Gasteiger partial charge is 0.227 e. The zero-order valence-electron chi connectivity index (χ0n) is 10.5. The van der Waals surface area contributed by atoms with Crippen molar-refractivity contribution in [2.75, 3.05) is 5.32 Å². The zero-order valence-corrected chi connectivity index (χ0v) is 12.9. The highest BCUT2D eigenvalue weighted by Gasteiger charge is 2.09. The average Bonchev–Trinajstić information content (AvgIpc) is 2.77. The third-order valence-electron chi connectivity index (χ3n) is 2.00. The van der Waals surface area contributed by atoms with Gasteiger partial charge in [0, 0.05) is 22.8 Å². The minimum Gasteiger partial charge on any atom is -0.322 e. The van der Waals surface area contributed by atoms with Gasteiger partial charge in [-0.25, -0.2) is 0 Å². The van der Waals surface area contributed by atoms with Crippen molar-refractivity contribution in [3.05, 3.63) is 40.3 Å². The number of aromatic nitrogens is 3. The minimum absolute atomic E-state index is 0.0593. The van der Waals surface area contributed by atoms with Gasteiger partial charge in [0.15, 0.2) is 0 Å². The zero-order chi connectivity index (χ0) is 14.3. The summed E-state index contributed by atoms with van der Waals surface area (Å²) < 4.78 is 1.02. The molecule has 0 spiro atoms. The summed E-state index contributed by atoms with van der Waals surface area (Å²) in [5.74, 6) is -0.130. The number of hydrogen-bond donors (Lipinski definition) is 2. The molecule has 2 N–H and O–H groups in total. The fraction of sp³-hybridized carbons (Fsp3) is 0.250. The van der Waals surface area contributed by atoms with Gasteiger partial charge in [0.25, 0.3) is 0 Å². The number of nitrogens with zero attached hydrogens (tertiary/aromatic N) is 2. The maximum Gasteiger partial charge on any atom is 0.227 e. The van der Waals surface area contributed by atoms with Crippen LogP contribution in [-0.2, 0) is 4.79 Å². The second-order valence-corrected chi connectivity index (χ2v) is 5.21. The van der Waals surface area contributed by atoms with E-state index in [1.807, 2.05) is 26.0 Å². The normalized spacial score (nSPS) is 9.74. The van der Waals surface area contributed by atoms with Crippen molar-refractivity contribution >= 4 is 39.1 Å². The van der Waals surface area contributed by atoms with Crippen molar-refractivity contribution < 1.29 is 4.79 Å². The van der Waals surface area contributed by atoms with Gasteiger partial charge in [-0.1, -0.05) is 25.4 Å². The summed E-state index contributed by atoms with van der Waals surface area (Å²) in [5.41, 5.74) is 0.523.